The minimum atomic E-state index is 0.389. The molecule has 1 rings (SSSR count). The van der Waals surface area contributed by atoms with Crippen molar-refractivity contribution in [2.24, 2.45) is 11.8 Å². The molecule has 0 aromatic rings. The van der Waals surface area contributed by atoms with Crippen LogP contribution in [0.4, 0.5) is 0 Å². The van der Waals surface area contributed by atoms with Crippen LogP contribution in [0.2, 0.25) is 0 Å². The quantitative estimate of drug-likeness (QED) is 0.733. The van der Waals surface area contributed by atoms with Crippen LogP contribution in [-0.2, 0) is 0 Å². The molecule has 0 saturated carbocycles. The molecule has 1 aliphatic heterocycles. The van der Waals surface area contributed by atoms with E-state index in [1.54, 1.807) is 0 Å². The maximum atomic E-state index is 9.01. The normalized spacial score (nSPS) is 20.6. The Bertz CT molecular complexity index is 139. The highest BCUT2D eigenvalue weighted by Crippen LogP contribution is 2.17. The number of nitrogens with zero attached hydrogens (tertiary/aromatic N) is 1. The van der Waals surface area contributed by atoms with Crippen molar-refractivity contribution in [3.8, 4) is 0 Å². The fourth-order valence-electron chi connectivity index (χ4n) is 2.12. The Kier molecular flexibility index (Phi) is 5.49. The molecule has 0 atom stereocenters. The van der Waals surface area contributed by atoms with Gasteiger partial charge in [0.25, 0.3) is 0 Å². The van der Waals surface area contributed by atoms with Crippen molar-refractivity contribution in [3.63, 3.8) is 0 Å². The molecule has 0 bridgehead atoms. The number of piperidine rings is 1. The molecule has 0 unspecified atom stereocenters. The van der Waals surface area contributed by atoms with Gasteiger partial charge in [0, 0.05) is 6.61 Å². The van der Waals surface area contributed by atoms with Crippen molar-refractivity contribution in [3.05, 3.63) is 0 Å². The second kappa shape index (κ2) is 6.41. The lowest BCUT2D eigenvalue weighted by atomic mass is 9.97. The largest absolute Gasteiger partial charge is 0.396 e. The van der Waals surface area contributed by atoms with Crippen LogP contribution in [0.15, 0.2) is 0 Å². The average molecular weight is 199 g/mol. The molecule has 1 aliphatic rings. The fourth-order valence-corrected chi connectivity index (χ4v) is 2.12. The molecular formula is C12H25NO. The molecule has 1 N–H and O–H groups in total. The predicted octanol–water partition coefficient (Wildman–Crippen LogP) is 2.13. The van der Waals surface area contributed by atoms with Gasteiger partial charge in [-0.1, -0.05) is 13.8 Å². The standard InChI is InChI=1S/C12H25NO/c1-11(2)4-3-7-13-8-5-12(10-14)6-9-13/h11-12,14H,3-10H2,1-2H3. The zero-order valence-electron chi connectivity index (χ0n) is 9.71. The zero-order valence-corrected chi connectivity index (χ0v) is 9.71. The summed E-state index contributed by atoms with van der Waals surface area (Å²) in [7, 11) is 0. The summed E-state index contributed by atoms with van der Waals surface area (Å²) in [6.07, 6.45) is 5.07. The molecule has 14 heavy (non-hydrogen) atoms. The summed E-state index contributed by atoms with van der Waals surface area (Å²) in [5.41, 5.74) is 0. The van der Waals surface area contributed by atoms with Crippen LogP contribution < -0.4 is 0 Å². The van der Waals surface area contributed by atoms with Crippen molar-refractivity contribution in [1.29, 1.82) is 0 Å². The summed E-state index contributed by atoms with van der Waals surface area (Å²) < 4.78 is 0. The maximum Gasteiger partial charge on any atom is 0.0460 e. The SMILES string of the molecule is CC(C)CCCN1CCC(CO)CC1. The van der Waals surface area contributed by atoms with E-state index in [4.69, 9.17) is 5.11 Å². The van der Waals surface area contributed by atoms with Gasteiger partial charge in [-0.05, 0) is 57.2 Å². The van der Waals surface area contributed by atoms with Crippen molar-refractivity contribution >= 4 is 0 Å². The van der Waals surface area contributed by atoms with Crippen molar-refractivity contribution in [2.75, 3.05) is 26.2 Å². The van der Waals surface area contributed by atoms with E-state index in [0.717, 1.165) is 5.92 Å². The molecule has 2 nitrogen and oxygen atoms in total. The maximum absolute atomic E-state index is 9.01. The fraction of sp³-hybridized carbons (Fsp3) is 1.00. The first-order chi connectivity index (χ1) is 6.72. The number of rotatable bonds is 5. The van der Waals surface area contributed by atoms with Gasteiger partial charge in [-0.3, -0.25) is 0 Å². The Morgan fingerprint density at radius 1 is 1.29 bits per heavy atom. The molecule has 1 fully saturated rings. The topological polar surface area (TPSA) is 23.5 Å². The van der Waals surface area contributed by atoms with E-state index in [0.29, 0.717) is 12.5 Å². The van der Waals surface area contributed by atoms with Crippen LogP contribution in [0.3, 0.4) is 0 Å². The van der Waals surface area contributed by atoms with Crippen molar-refractivity contribution in [1.82, 2.24) is 4.90 Å². The third-order valence-electron chi connectivity index (χ3n) is 3.22. The minimum absolute atomic E-state index is 0.389. The van der Waals surface area contributed by atoms with Gasteiger partial charge in [0.2, 0.25) is 0 Å². The van der Waals surface area contributed by atoms with Gasteiger partial charge < -0.3 is 10.0 Å². The molecule has 1 saturated heterocycles. The van der Waals surface area contributed by atoms with Crippen molar-refractivity contribution in [2.45, 2.75) is 39.5 Å². The van der Waals surface area contributed by atoms with Gasteiger partial charge in [-0.2, -0.15) is 0 Å². The van der Waals surface area contributed by atoms with Crippen LogP contribution in [0.1, 0.15) is 39.5 Å². The van der Waals surface area contributed by atoms with Gasteiger partial charge in [0.05, 0.1) is 0 Å². The highest BCUT2D eigenvalue weighted by molar-refractivity contribution is 4.71. The lowest BCUT2D eigenvalue weighted by Gasteiger charge is -2.31. The van der Waals surface area contributed by atoms with E-state index >= 15 is 0 Å². The summed E-state index contributed by atoms with van der Waals surface area (Å²) >= 11 is 0. The molecule has 2 heteroatoms. The van der Waals surface area contributed by atoms with E-state index in [1.807, 2.05) is 0 Å². The second-order valence-corrected chi connectivity index (χ2v) is 5.00. The lowest BCUT2D eigenvalue weighted by Crippen LogP contribution is -2.35. The Balaban J connectivity index is 2.04. The summed E-state index contributed by atoms with van der Waals surface area (Å²) in [5.74, 6) is 1.42. The van der Waals surface area contributed by atoms with Gasteiger partial charge in [0.15, 0.2) is 0 Å². The first-order valence-corrected chi connectivity index (χ1v) is 6.05. The number of hydrogen-bond acceptors (Lipinski definition) is 2. The first-order valence-electron chi connectivity index (χ1n) is 6.05. The molecule has 0 radical (unpaired) electrons. The Morgan fingerprint density at radius 3 is 2.43 bits per heavy atom. The molecule has 0 aromatic heterocycles. The van der Waals surface area contributed by atoms with Gasteiger partial charge in [0.1, 0.15) is 0 Å². The van der Waals surface area contributed by atoms with E-state index < -0.39 is 0 Å². The van der Waals surface area contributed by atoms with Crippen LogP contribution in [-0.4, -0.2) is 36.2 Å². The van der Waals surface area contributed by atoms with E-state index in [1.165, 1.54) is 45.3 Å². The van der Waals surface area contributed by atoms with Gasteiger partial charge >= 0.3 is 0 Å². The van der Waals surface area contributed by atoms with E-state index in [2.05, 4.69) is 18.7 Å². The smallest absolute Gasteiger partial charge is 0.0460 e. The van der Waals surface area contributed by atoms with Gasteiger partial charge in [-0.25, -0.2) is 0 Å². The number of hydrogen-bond donors (Lipinski definition) is 1. The zero-order chi connectivity index (χ0) is 10.4. The molecule has 1 heterocycles. The van der Waals surface area contributed by atoms with Crippen LogP contribution in [0, 0.1) is 11.8 Å². The predicted molar refractivity (Wildman–Crippen MR) is 60.3 cm³/mol. The van der Waals surface area contributed by atoms with Crippen LogP contribution in [0.25, 0.3) is 0 Å². The molecule has 0 aliphatic carbocycles. The first kappa shape index (κ1) is 12.0. The highest BCUT2D eigenvalue weighted by atomic mass is 16.3. The monoisotopic (exact) mass is 199 g/mol. The number of aliphatic hydroxyl groups is 1. The Hall–Kier alpha value is -0.0800. The molecule has 84 valence electrons. The average Bonchev–Trinajstić information content (AvgIpc) is 2.18. The van der Waals surface area contributed by atoms with E-state index in [-0.39, 0.29) is 0 Å². The Labute approximate surface area is 88.3 Å². The minimum Gasteiger partial charge on any atom is -0.396 e. The number of aliphatic hydroxyl groups excluding tert-OH is 1. The van der Waals surface area contributed by atoms with Crippen LogP contribution >= 0.6 is 0 Å². The molecule has 0 aromatic carbocycles. The highest BCUT2D eigenvalue weighted by Gasteiger charge is 2.17. The van der Waals surface area contributed by atoms with E-state index in [9.17, 15) is 0 Å². The number of likely N-dealkylation sites (tertiary alicyclic amines) is 1. The summed E-state index contributed by atoms with van der Waals surface area (Å²) in [4.78, 5) is 2.55. The third kappa shape index (κ3) is 4.43. The molecular weight excluding hydrogens is 174 g/mol. The Morgan fingerprint density at radius 2 is 1.93 bits per heavy atom. The van der Waals surface area contributed by atoms with Crippen LogP contribution in [0.5, 0.6) is 0 Å². The lowest BCUT2D eigenvalue weighted by molar-refractivity contribution is 0.129. The third-order valence-corrected chi connectivity index (χ3v) is 3.22. The second-order valence-electron chi connectivity index (χ2n) is 5.00. The molecule has 0 amide bonds. The summed E-state index contributed by atoms with van der Waals surface area (Å²) in [5, 5.41) is 9.01. The van der Waals surface area contributed by atoms with Crippen molar-refractivity contribution < 1.29 is 5.11 Å². The van der Waals surface area contributed by atoms with Gasteiger partial charge in [-0.15, -0.1) is 0 Å². The molecule has 0 spiro atoms. The summed E-state index contributed by atoms with van der Waals surface area (Å²) in [6, 6.07) is 0. The summed E-state index contributed by atoms with van der Waals surface area (Å²) in [6.45, 7) is 8.62.